The summed E-state index contributed by atoms with van der Waals surface area (Å²) < 4.78 is 1.09. The molecular weight excluding hydrogens is 324 g/mol. The zero-order valence-corrected chi connectivity index (χ0v) is 13.8. The van der Waals surface area contributed by atoms with E-state index in [1.54, 1.807) is 0 Å². The van der Waals surface area contributed by atoms with Gasteiger partial charge in [0.25, 0.3) is 0 Å². The van der Waals surface area contributed by atoms with Gasteiger partial charge in [-0.25, -0.2) is 0 Å². The Morgan fingerprint density at radius 2 is 2.00 bits per heavy atom. The highest BCUT2D eigenvalue weighted by Crippen LogP contribution is 2.27. The third-order valence-corrected chi connectivity index (χ3v) is 4.91. The predicted octanol–water partition coefficient (Wildman–Crippen LogP) is 4.19. The van der Waals surface area contributed by atoms with Crippen LogP contribution in [0.25, 0.3) is 0 Å². The molecule has 2 nitrogen and oxygen atoms in total. The first-order chi connectivity index (χ1) is 9.10. The summed E-state index contributed by atoms with van der Waals surface area (Å²) >= 11 is 9.81. The lowest BCUT2D eigenvalue weighted by molar-refractivity contribution is 0.149. The van der Waals surface area contributed by atoms with Gasteiger partial charge in [-0.2, -0.15) is 0 Å². The van der Waals surface area contributed by atoms with Gasteiger partial charge in [0.2, 0.25) is 0 Å². The lowest BCUT2D eigenvalue weighted by Crippen LogP contribution is -2.40. The van der Waals surface area contributed by atoms with E-state index in [2.05, 4.69) is 33.8 Å². The Kier molecular flexibility index (Phi) is 5.70. The van der Waals surface area contributed by atoms with E-state index < -0.39 is 0 Å². The highest BCUT2D eigenvalue weighted by molar-refractivity contribution is 9.10. The van der Waals surface area contributed by atoms with Crippen molar-refractivity contribution in [3.05, 3.63) is 33.3 Å². The van der Waals surface area contributed by atoms with Crippen LogP contribution in [0.5, 0.6) is 0 Å². The maximum Gasteiger partial charge on any atom is 0.0451 e. The highest BCUT2D eigenvalue weighted by atomic mass is 79.9. The molecule has 2 N–H and O–H groups in total. The molecule has 0 bridgehead atoms. The van der Waals surface area contributed by atoms with Crippen molar-refractivity contribution in [1.82, 2.24) is 4.90 Å². The van der Waals surface area contributed by atoms with Gasteiger partial charge < -0.3 is 5.73 Å². The molecule has 19 heavy (non-hydrogen) atoms. The molecule has 4 heteroatoms. The number of hydrogen-bond acceptors (Lipinski definition) is 2. The van der Waals surface area contributed by atoms with Crippen LogP contribution in [-0.2, 0) is 6.54 Å². The van der Waals surface area contributed by atoms with Gasteiger partial charge in [0, 0.05) is 28.1 Å². The molecule has 0 spiro atoms. The first-order valence-corrected chi connectivity index (χ1v) is 8.20. The third kappa shape index (κ3) is 4.19. The standard InChI is InChI=1S/C15H22BrClN2/c1-2-19(14-6-4-13(18)5-7-14)10-11-9-12(16)3-8-15(11)17/h3,8-9,13-14H,2,4-7,10,18H2,1H3. The largest absolute Gasteiger partial charge is 0.328 e. The molecule has 1 aliphatic rings. The van der Waals surface area contributed by atoms with E-state index in [0.717, 1.165) is 35.4 Å². The molecule has 0 unspecified atom stereocenters. The fourth-order valence-electron chi connectivity index (χ4n) is 2.85. The van der Waals surface area contributed by atoms with Crippen molar-refractivity contribution in [1.29, 1.82) is 0 Å². The van der Waals surface area contributed by atoms with Crippen LogP contribution in [0.4, 0.5) is 0 Å². The van der Waals surface area contributed by atoms with Gasteiger partial charge in [-0.3, -0.25) is 4.90 Å². The van der Waals surface area contributed by atoms with Crippen molar-refractivity contribution >= 4 is 27.5 Å². The van der Waals surface area contributed by atoms with Crippen molar-refractivity contribution in [2.75, 3.05) is 6.54 Å². The Labute approximate surface area is 129 Å². The number of benzene rings is 1. The monoisotopic (exact) mass is 344 g/mol. The second-order valence-electron chi connectivity index (χ2n) is 5.37. The number of halogens is 2. The molecule has 0 aliphatic heterocycles. The van der Waals surface area contributed by atoms with E-state index in [1.807, 2.05) is 12.1 Å². The minimum atomic E-state index is 0.407. The Hall–Kier alpha value is -0.0900. The average molecular weight is 346 g/mol. The molecule has 1 saturated carbocycles. The average Bonchev–Trinajstić information content (AvgIpc) is 2.41. The molecule has 0 amide bonds. The lowest BCUT2D eigenvalue weighted by atomic mass is 9.90. The summed E-state index contributed by atoms with van der Waals surface area (Å²) in [5.74, 6) is 0. The number of nitrogens with zero attached hydrogens (tertiary/aromatic N) is 1. The van der Waals surface area contributed by atoms with E-state index in [1.165, 1.54) is 18.4 Å². The Balaban J connectivity index is 2.04. The molecule has 0 radical (unpaired) electrons. The Bertz CT molecular complexity index is 417. The van der Waals surface area contributed by atoms with Crippen molar-refractivity contribution in [3.63, 3.8) is 0 Å². The van der Waals surface area contributed by atoms with Gasteiger partial charge in [0.05, 0.1) is 0 Å². The summed E-state index contributed by atoms with van der Waals surface area (Å²) in [5, 5.41) is 0.856. The molecule has 0 heterocycles. The van der Waals surface area contributed by atoms with E-state index >= 15 is 0 Å². The second-order valence-corrected chi connectivity index (χ2v) is 6.69. The van der Waals surface area contributed by atoms with E-state index in [-0.39, 0.29) is 0 Å². The smallest absolute Gasteiger partial charge is 0.0451 e. The molecule has 1 aromatic carbocycles. The summed E-state index contributed by atoms with van der Waals surface area (Å²) in [7, 11) is 0. The van der Waals surface area contributed by atoms with Gasteiger partial charge in [-0.05, 0) is 56.0 Å². The predicted molar refractivity (Wildman–Crippen MR) is 85.5 cm³/mol. The van der Waals surface area contributed by atoms with Crippen LogP contribution >= 0.6 is 27.5 Å². The fraction of sp³-hybridized carbons (Fsp3) is 0.600. The molecule has 1 fully saturated rings. The molecular formula is C15H22BrClN2. The lowest BCUT2D eigenvalue weighted by Gasteiger charge is -2.35. The summed E-state index contributed by atoms with van der Waals surface area (Å²) in [6, 6.07) is 7.14. The molecule has 1 aliphatic carbocycles. The summed E-state index contributed by atoms with van der Waals surface area (Å²) in [4.78, 5) is 2.53. The van der Waals surface area contributed by atoms with E-state index in [0.29, 0.717) is 12.1 Å². The van der Waals surface area contributed by atoms with E-state index in [9.17, 15) is 0 Å². The van der Waals surface area contributed by atoms with E-state index in [4.69, 9.17) is 17.3 Å². The quantitative estimate of drug-likeness (QED) is 0.886. The highest BCUT2D eigenvalue weighted by Gasteiger charge is 2.23. The van der Waals surface area contributed by atoms with Crippen LogP contribution in [-0.4, -0.2) is 23.5 Å². The maximum absolute atomic E-state index is 6.29. The summed E-state index contributed by atoms with van der Waals surface area (Å²) in [5.41, 5.74) is 7.19. The molecule has 1 aromatic rings. The molecule has 0 aromatic heterocycles. The van der Waals surface area contributed by atoms with Crippen LogP contribution in [0.15, 0.2) is 22.7 Å². The first kappa shape index (κ1) is 15.3. The molecule has 0 saturated heterocycles. The summed E-state index contributed by atoms with van der Waals surface area (Å²) in [6.45, 7) is 4.21. The minimum absolute atomic E-state index is 0.407. The van der Waals surface area contributed by atoms with Gasteiger partial charge in [0.15, 0.2) is 0 Å². The number of hydrogen-bond donors (Lipinski definition) is 1. The van der Waals surface area contributed by atoms with Gasteiger partial charge in [-0.15, -0.1) is 0 Å². The Morgan fingerprint density at radius 3 is 2.63 bits per heavy atom. The van der Waals surface area contributed by atoms with Gasteiger partial charge in [-0.1, -0.05) is 34.5 Å². The summed E-state index contributed by atoms with van der Waals surface area (Å²) in [6.07, 6.45) is 4.71. The zero-order chi connectivity index (χ0) is 13.8. The minimum Gasteiger partial charge on any atom is -0.328 e. The van der Waals surface area contributed by atoms with Crippen LogP contribution in [0.2, 0.25) is 5.02 Å². The SMILES string of the molecule is CCN(Cc1cc(Br)ccc1Cl)C1CCC(N)CC1. The van der Waals surface area contributed by atoms with Gasteiger partial charge in [0.1, 0.15) is 0 Å². The number of rotatable bonds is 4. The molecule has 106 valence electrons. The molecule has 2 rings (SSSR count). The second kappa shape index (κ2) is 7.07. The third-order valence-electron chi connectivity index (χ3n) is 4.05. The topological polar surface area (TPSA) is 29.3 Å². The van der Waals surface area contributed by atoms with Crippen molar-refractivity contribution in [2.24, 2.45) is 5.73 Å². The van der Waals surface area contributed by atoms with Gasteiger partial charge >= 0.3 is 0 Å². The Morgan fingerprint density at radius 1 is 1.32 bits per heavy atom. The van der Waals surface area contributed by atoms with Crippen LogP contribution < -0.4 is 5.73 Å². The van der Waals surface area contributed by atoms with Crippen LogP contribution in [0.3, 0.4) is 0 Å². The van der Waals surface area contributed by atoms with Crippen LogP contribution in [0.1, 0.15) is 38.2 Å². The number of nitrogens with two attached hydrogens (primary N) is 1. The first-order valence-electron chi connectivity index (χ1n) is 7.03. The van der Waals surface area contributed by atoms with Crippen LogP contribution in [0, 0.1) is 0 Å². The van der Waals surface area contributed by atoms with Crippen molar-refractivity contribution in [2.45, 2.75) is 51.2 Å². The fourth-order valence-corrected chi connectivity index (χ4v) is 3.43. The zero-order valence-electron chi connectivity index (χ0n) is 11.4. The van der Waals surface area contributed by atoms with Crippen molar-refractivity contribution < 1.29 is 0 Å². The van der Waals surface area contributed by atoms with Crippen molar-refractivity contribution in [3.8, 4) is 0 Å². The molecule has 0 atom stereocenters. The normalized spacial score (nSPS) is 23.8. The maximum atomic E-state index is 6.29.